The van der Waals surface area contributed by atoms with E-state index in [4.69, 9.17) is 0 Å². The van der Waals surface area contributed by atoms with Gasteiger partial charge in [0.05, 0.1) is 0 Å². The summed E-state index contributed by atoms with van der Waals surface area (Å²) in [4.78, 5) is 22.0. The van der Waals surface area contributed by atoms with Crippen molar-refractivity contribution in [3.05, 3.63) is 77.4 Å². The Morgan fingerprint density at radius 2 is 1.83 bits per heavy atom. The second kappa shape index (κ2) is 12.2. The molecule has 0 aliphatic carbocycles. The van der Waals surface area contributed by atoms with Gasteiger partial charge in [0.15, 0.2) is 0 Å². The second-order valence-electron chi connectivity index (χ2n) is 9.44. The molecule has 1 aliphatic heterocycles. The number of benzene rings is 2. The molecule has 1 N–H and O–H groups in total. The number of carbonyl (C=O) groups is 1. The number of rotatable bonds is 10. The Kier molecular flexibility index (Phi) is 8.82. The third kappa shape index (κ3) is 7.57. The van der Waals surface area contributed by atoms with Gasteiger partial charge in [0, 0.05) is 62.6 Å². The van der Waals surface area contributed by atoms with Crippen molar-refractivity contribution in [2.45, 2.75) is 58.2 Å². The van der Waals surface area contributed by atoms with E-state index in [-0.39, 0.29) is 23.8 Å². The number of piperidine rings is 1. The lowest BCUT2D eigenvalue weighted by Crippen LogP contribution is -2.45. The number of hydrogen-bond acceptors (Lipinski definition) is 6. The van der Waals surface area contributed by atoms with Crippen molar-refractivity contribution in [2.75, 3.05) is 24.5 Å². The van der Waals surface area contributed by atoms with Crippen LogP contribution in [0.25, 0.3) is 0 Å². The summed E-state index contributed by atoms with van der Waals surface area (Å²) < 4.78 is 17.6. The molecule has 1 aliphatic rings. The molecule has 0 radical (unpaired) electrons. The minimum atomic E-state index is -0.248. The van der Waals surface area contributed by atoms with E-state index in [1.807, 2.05) is 6.07 Å². The van der Waals surface area contributed by atoms with Gasteiger partial charge in [-0.1, -0.05) is 42.5 Å². The number of aromatic nitrogens is 2. The van der Waals surface area contributed by atoms with E-state index >= 15 is 0 Å². The monoisotopic (exact) mass is 495 g/mol. The summed E-state index contributed by atoms with van der Waals surface area (Å²) in [5, 5.41) is 4.05. The van der Waals surface area contributed by atoms with Crippen LogP contribution < -0.4 is 10.2 Å². The molecule has 6 nitrogen and oxygen atoms in total. The molecule has 1 saturated heterocycles. The zero-order valence-corrected chi connectivity index (χ0v) is 21.3. The number of hydrogen-bond donors (Lipinski definition) is 1. The normalized spacial score (nSPS) is 14.9. The first-order chi connectivity index (χ1) is 17.0. The van der Waals surface area contributed by atoms with Crippen molar-refractivity contribution in [3.8, 4) is 0 Å². The van der Waals surface area contributed by atoms with Gasteiger partial charge in [0.25, 0.3) is 0 Å². The number of amides is 1. The fraction of sp³-hybridized carbons (Fsp3) is 0.444. The summed E-state index contributed by atoms with van der Waals surface area (Å²) in [6.45, 7) is 7.76. The third-order valence-corrected chi connectivity index (χ3v) is 7.17. The SMILES string of the molecule is CC(C)N(CCC(=O)NC1CCN(Cc2ccccc2)CC1)c1nc(Cc2ccc(F)cc2)ns1. The zero-order valence-electron chi connectivity index (χ0n) is 20.5. The smallest absolute Gasteiger partial charge is 0.221 e. The summed E-state index contributed by atoms with van der Waals surface area (Å²) >= 11 is 1.35. The van der Waals surface area contributed by atoms with Gasteiger partial charge >= 0.3 is 0 Å². The number of likely N-dealkylation sites (tertiary alicyclic amines) is 1. The van der Waals surface area contributed by atoms with Gasteiger partial charge in [-0.15, -0.1) is 0 Å². The van der Waals surface area contributed by atoms with Crippen molar-refractivity contribution in [1.29, 1.82) is 0 Å². The first-order valence-electron chi connectivity index (χ1n) is 12.4. The summed E-state index contributed by atoms with van der Waals surface area (Å²) in [6.07, 6.45) is 2.95. The second-order valence-corrected chi connectivity index (χ2v) is 10.2. The Hall–Kier alpha value is -2.84. The molecule has 2 heterocycles. The van der Waals surface area contributed by atoms with Crippen LogP contribution in [0.1, 0.15) is 50.1 Å². The van der Waals surface area contributed by atoms with Gasteiger partial charge in [-0.25, -0.2) is 9.37 Å². The van der Waals surface area contributed by atoms with Gasteiger partial charge in [-0.2, -0.15) is 4.37 Å². The van der Waals surface area contributed by atoms with Crippen molar-refractivity contribution in [3.63, 3.8) is 0 Å². The molecule has 8 heteroatoms. The van der Waals surface area contributed by atoms with Crippen LogP contribution in [-0.4, -0.2) is 51.9 Å². The number of nitrogens with one attached hydrogen (secondary N) is 1. The average molecular weight is 496 g/mol. The van der Waals surface area contributed by atoms with Gasteiger partial charge < -0.3 is 10.2 Å². The number of nitrogens with zero attached hydrogens (tertiary/aromatic N) is 4. The average Bonchev–Trinajstić information content (AvgIpc) is 3.30. The van der Waals surface area contributed by atoms with E-state index < -0.39 is 0 Å². The standard InChI is InChI=1S/C27H34FN5OS/c1-20(2)33(27-30-25(31-35-27)18-21-8-10-23(28)11-9-21)17-14-26(34)29-24-12-15-32(16-13-24)19-22-6-4-3-5-7-22/h3-11,20,24H,12-19H2,1-2H3,(H,29,34). The molecule has 186 valence electrons. The van der Waals surface area contributed by atoms with Crippen LogP contribution >= 0.6 is 11.5 Å². The quantitative estimate of drug-likeness (QED) is 0.444. The maximum atomic E-state index is 13.1. The van der Waals surface area contributed by atoms with Crippen LogP contribution in [-0.2, 0) is 17.8 Å². The van der Waals surface area contributed by atoms with Gasteiger partial charge in [0.1, 0.15) is 11.6 Å². The molecule has 3 aromatic rings. The first-order valence-corrected chi connectivity index (χ1v) is 13.1. The lowest BCUT2D eigenvalue weighted by atomic mass is 10.0. The molecular formula is C27H34FN5OS. The van der Waals surface area contributed by atoms with Crippen LogP contribution in [0.2, 0.25) is 0 Å². The fourth-order valence-corrected chi connectivity index (χ4v) is 5.24. The lowest BCUT2D eigenvalue weighted by molar-refractivity contribution is -0.121. The van der Waals surface area contributed by atoms with Gasteiger partial charge in [-0.3, -0.25) is 9.69 Å². The maximum Gasteiger partial charge on any atom is 0.221 e. The first kappa shape index (κ1) is 25.3. The van der Waals surface area contributed by atoms with Crippen LogP contribution in [0.4, 0.5) is 9.52 Å². The summed E-state index contributed by atoms with van der Waals surface area (Å²) in [5.74, 6) is 0.560. The molecule has 4 rings (SSSR count). The van der Waals surface area contributed by atoms with E-state index in [1.165, 1.54) is 29.2 Å². The predicted molar refractivity (Wildman–Crippen MR) is 139 cm³/mol. The highest BCUT2D eigenvalue weighted by Crippen LogP contribution is 2.22. The molecule has 35 heavy (non-hydrogen) atoms. The summed E-state index contributed by atoms with van der Waals surface area (Å²) in [7, 11) is 0. The lowest BCUT2D eigenvalue weighted by Gasteiger charge is -2.32. The topological polar surface area (TPSA) is 61.4 Å². The third-order valence-electron chi connectivity index (χ3n) is 6.38. The molecule has 1 aromatic heterocycles. The maximum absolute atomic E-state index is 13.1. The minimum absolute atomic E-state index is 0.0909. The molecule has 0 spiro atoms. The van der Waals surface area contributed by atoms with E-state index in [9.17, 15) is 9.18 Å². The van der Waals surface area contributed by atoms with Crippen molar-refractivity contribution in [1.82, 2.24) is 19.6 Å². The molecule has 0 saturated carbocycles. The van der Waals surface area contributed by atoms with Crippen molar-refractivity contribution in [2.24, 2.45) is 0 Å². The summed E-state index contributed by atoms with van der Waals surface area (Å²) in [5.41, 5.74) is 2.31. The Morgan fingerprint density at radius 1 is 1.11 bits per heavy atom. The van der Waals surface area contributed by atoms with Crippen molar-refractivity contribution < 1.29 is 9.18 Å². The van der Waals surface area contributed by atoms with E-state index in [1.54, 1.807) is 12.1 Å². The molecular weight excluding hydrogens is 461 g/mol. The predicted octanol–water partition coefficient (Wildman–Crippen LogP) is 4.65. The molecule has 0 unspecified atom stereocenters. The molecule has 2 aromatic carbocycles. The Labute approximate surface area is 211 Å². The minimum Gasteiger partial charge on any atom is -0.353 e. The highest BCUT2D eigenvalue weighted by Gasteiger charge is 2.22. The van der Waals surface area contributed by atoms with Crippen LogP contribution in [0.5, 0.6) is 0 Å². The number of halogens is 1. The van der Waals surface area contributed by atoms with E-state index in [0.717, 1.165) is 43.2 Å². The fourth-order valence-electron chi connectivity index (χ4n) is 4.39. The Bertz CT molecular complexity index is 1060. The van der Waals surface area contributed by atoms with Crippen molar-refractivity contribution >= 4 is 22.6 Å². The van der Waals surface area contributed by atoms with Crippen LogP contribution in [0.15, 0.2) is 54.6 Å². The zero-order chi connectivity index (χ0) is 24.6. The highest BCUT2D eigenvalue weighted by molar-refractivity contribution is 7.09. The Morgan fingerprint density at radius 3 is 2.51 bits per heavy atom. The largest absolute Gasteiger partial charge is 0.353 e. The van der Waals surface area contributed by atoms with Gasteiger partial charge in [-0.05, 0) is 49.9 Å². The molecule has 0 bridgehead atoms. The number of carbonyl (C=O) groups excluding carboxylic acids is 1. The van der Waals surface area contributed by atoms with Crippen LogP contribution in [0, 0.1) is 5.82 Å². The molecule has 0 atom stereocenters. The molecule has 1 fully saturated rings. The van der Waals surface area contributed by atoms with E-state index in [0.29, 0.717) is 25.2 Å². The number of anilines is 1. The van der Waals surface area contributed by atoms with Gasteiger partial charge in [0.2, 0.25) is 11.0 Å². The Balaban J connectivity index is 1.23. The van der Waals surface area contributed by atoms with E-state index in [2.05, 4.69) is 62.6 Å². The highest BCUT2D eigenvalue weighted by atomic mass is 32.1. The molecule has 1 amide bonds. The van der Waals surface area contributed by atoms with Crippen LogP contribution in [0.3, 0.4) is 0 Å². The summed E-state index contributed by atoms with van der Waals surface area (Å²) in [6, 6.07) is 17.4.